The van der Waals surface area contributed by atoms with Crippen molar-refractivity contribution in [3.63, 3.8) is 0 Å². The average Bonchev–Trinajstić information content (AvgIpc) is 2.90. The fourth-order valence-electron chi connectivity index (χ4n) is 2.78. The molecule has 0 radical (unpaired) electrons. The first-order chi connectivity index (χ1) is 10.5. The molecule has 2 rings (SSSR count). The predicted molar refractivity (Wildman–Crippen MR) is 85.5 cm³/mol. The number of hydrogen-bond acceptors (Lipinski definition) is 4. The van der Waals surface area contributed by atoms with Gasteiger partial charge in [0.25, 0.3) is 0 Å². The lowest BCUT2D eigenvalue weighted by atomic mass is 10.1. The van der Waals surface area contributed by atoms with E-state index in [4.69, 9.17) is 10.5 Å². The normalized spacial score (nSPS) is 22.6. The van der Waals surface area contributed by atoms with E-state index in [1.807, 2.05) is 38.1 Å². The van der Waals surface area contributed by atoms with Crippen LogP contribution in [0.2, 0.25) is 0 Å². The van der Waals surface area contributed by atoms with E-state index >= 15 is 0 Å². The number of amides is 1. The number of carbonyl (C=O) groups is 1. The van der Waals surface area contributed by atoms with Crippen LogP contribution in [0.3, 0.4) is 0 Å². The van der Waals surface area contributed by atoms with Crippen molar-refractivity contribution >= 4 is 5.91 Å². The molecule has 4 N–H and O–H groups in total. The largest absolute Gasteiger partial charge is 0.491 e. The quantitative estimate of drug-likeness (QED) is 0.747. The van der Waals surface area contributed by atoms with Gasteiger partial charge in [0.15, 0.2) is 0 Å². The van der Waals surface area contributed by atoms with Gasteiger partial charge in [-0.05, 0) is 50.8 Å². The zero-order valence-electron chi connectivity index (χ0n) is 13.3. The number of ether oxygens (including phenoxy) is 1. The van der Waals surface area contributed by atoms with Crippen LogP contribution >= 0.6 is 0 Å². The number of nitrogens with two attached hydrogens (primary N) is 1. The Bertz CT molecular complexity index is 504. The number of aliphatic hydroxyl groups is 1. The maximum absolute atomic E-state index is 12.0. The Hall–Kier alpha value is -1.59. The van der Waals surface area contributed by atoms with Crippen molar-refractivity contribution in [1.29, 1.82) is 0 Å². The van der Waals surface area contributed by atoms with Crippen LogP contribution in [0.1, 0.15) is 44.8 Å². The van der Waals surface area contributed by atoms with Gasteiger partial charge in [0, 0.05) is 18.5 Å². The fourth-order valence-corrected chi connectivity index (χ4v) is 2.78. The van der Waals surface area contributed by atoms with E-state index in [1.165, 1.54) is 0 Å². The molecule has 3 atom stereocenters. The van der Waals surface area contributed by atoms with Gasteiger partial charge in [-0.1, -0.05) is 12.1 Å². The van der Waals surface area contributed by atoms with Gasteiger partial charge >= 0.3 is 0 Å². The number of nitrogens with one attached hydrogen (secondary N) is 1. The molecule has 0 aliphatic heterocycles. The fraction of sp³-hybridized carbons (Fsp3) is 0.588. The molecule has 1 aliphatic carbocycles. The summed E-state index contributed by atoms with van der Waals surface area (Å²) in [6.45, 7) is 4.11. The van der Waals surface area contributed by atoms with Gasteiger partial charge < -0.3 is 20.9 Å². The molecule has 0 aromatic heterocycles. The maximum Gasteiger partial charge on any atom is 0.223 e. The van der Waals surface area contributed by atoms with Crippen molar-refractivity contribution in [2.24, 2.45) is 11.7 Å². The highest BCUT2D eigenvalue weighted by molar-refractivity contribution is 5.79. The summed E-state index contributed by atoms with van der Waals surface area (Å²) in [6.07, 6.45) is 1.81. The molecule has 1 fully saturated rings. The number of hydrogen-bond donors (Lipinski definition) is 3. The van der Waals surface area contributed by atoms with Crippen LogP contribution in [-0.4, -0.2) is 29.7 Å². The molecule has 5 heteroatoms. The summed E-state index contributed by atoms with van der Waals surface area (Å²) in [5.41, 5.74) is 6.56. The molecule has 1 aromatic rings. The van der Waals surface area contributed by atoms with Gasteiger partial charge in [0.05, 0.1) is 12.2 Å². The second-order valence-electron chi connectivity index (χ2n) is 6.27. The smallest absolute Gasteiger partial charge is 0.223 e. The molecule has 122 valence electrons. The van der Waals surface area contributed by atoms with Crippen LogP contribution in [0.5, 0.6) is 5.75 Å². The van der Waals surface area contributed by atoms with E-state index in [2.05, 4.69) is 5.32 Å². The third-order valence-corrected chi connectivity index (χ3v) is 3.93. The highest BCUT2D eigenvalue weighted by Crippen LogP contribution is 2.24. The van der Waals surface area contributed by atoms with Crippen molar-refractivity contribution in [1.82, 2.24) is 5.32 Å². The van der Waals surface area contributed by atoms with Crippen molar-refractivity contribution in [3.05, 3.63) is 29.8 Å². The number of carbonyl (C=O) groups excluding carboxylic acids is 1. The Morgan fingerprint density at radius 3 is 2.86 bits per heavy atom. The molecule has 1 saturated carbocycles. The monoisotopic (exact) mass is 306 g/mol. The van der Waals surface area contributed by atoms with Crippen LogP contribution in [-0.2, 0) is 4.79 Å². The highest BCUT2D eigenvalue weighted by atomic mass is 16.5. The summed E-state index contributed by atoms with van der Waals surface area (Å²) < 4.78 is 5.61. The van der Waals surface area contributed by atoms with E-state index in [0.717, 1.165) is 30.6 Å². The molecular weight excluding hydrogens is 280 g/mol. The highest BCUT2D eigenvalue weighted by Gasteiger charge is 2.27. The zero-order chi connectivity index (χ0) is 16.1. The van der Waals surface area contributed by atoms with Crippen molar-refractivity contribution in [2.75, 3.05) is 6.54 Å². The topological polar surface area (TPSA) is 84.6 Å². The Morgan fingerprint density at radius 1 is 1.45 bits per heavy atom. The van der Waals surface area contributed by atoms with Crippen molar-refractivity contribution in [2.45, 2.75) is 51.4 Å². The molecule has 0 bridgehead atoms. The summed E-state index contributed by atoms with van der Waals surface area (Å²) >= 11 is 0. The van der Waals surface area contributed by atoms with E-state index in [-0.39, 0.29) is 30.5 Å². The van der Waals surface area contributed by atoms with Crippen molar-refractivity contribution in [3.8, 4) is 5.75 Å². The lowest BCUT2D eigenvalue weighted by Gasteiger charge is -2.16. The van der Waals surface area contributed by atoms with Crippen LogP contribution in [0, 0.1) is 5.92 Å². The number of benzene rings is 1. The van der Waals surface area contributed by atoms with Gasteiger partial charge in [-0.15, -0.1) is 0 Å². The first-order valence-corrected chi connectivity index (χ1v) is 7.93. The van der Waals surface area contributed by atoms with Gasteiger partial charge in [-0.25, -0.2) is 0 Å². The molecule has 1 amide bonds. The first-order valence-electron chi connectivity index (χ1n) is 7.93. The summed E-state index contributed by atoms with van der Waals surface area (Å²) in [6, 6.07) is 7.46. The van der Waals surface area contributed by atoms with E-state index < -0.39 is 6.10 Å². The SMILES string of the molecule is CC(C)Oc1cccc(C(O)CNC(=O)C2CCC(N)C2)c1. The molecule has 0 saturated heterocycles. The standard InChI is InChI=1S/C17H26N2O3/c1-11(2)22-15-5-3-4-12(9-15)16(20)10-19-17(21)13-6-7-14(18)8-13/h3-5,9,11,13-14,16,20H,6-8,10,18H2,1-2H3,(H,19,21). The van der Waals surface area contributed by atoms with Crippen LogP contribution in [0.15, 0.2) is 24.3 Å². The van der Waals surface area contributed by atoms with Crippen molar-refractivity contribution < 1.29 is 14.6 Å². The molecule has 3 unspecified atom stereocenters. The van der Waals surface area contributed by atoms with Crippen LogP contribution in [0.25, 0.3) is 0 Å². The maximum atomic E-state index is 12.0. The second kappa shape index (κ2) is 7.61. The Balaban J connectivity index is 1.86. The van der Waals surface area contributed by atoms with E-state index in [1.54, 1.807) is 0 Å². The molecule has 1 aliphatic rings. The third-order valence-electron chi connectivity index (χ3n) is 3.93. The summed E-state index contributed by atoms with van der Waals surface area (Å²) in [5.74, 6) is 0.694. The zero-order valence-corrected chi connectivity index (χ0v) is 13.3. The number of aliphatic hydroxyl groups excluding tert-OH is 1. The minimum absolute atomic E-state index is 0.0124. The van der Waals surface area contributed by atoms with Crippen LogP contribution in [0.4, 0.5) is 0 Å². The predicted octanol–water partition coefficient (Wildman–Crippen LogP) is 1.75. The molecule has 22 heavy (non-hydrogen) atoms. The molecule has 0 spiro atoms. The Morgan fingerprint density at radius 2 is 2.23 bits per heavy atom. The molecule has 0 heterocycles. The first kappa shape index (κ1) is 16.8. The Kier molecular flexibility index (Phi) is 5.80. The third kappa shape index (κ3) is 4.71. The van der Waals surface area contributed by atoms with Gasteiger partial charge in [0.2, 0.25) is 5.91 Å². The molecular formula is C17H26N2O3. The second-order valence-corrected chi connectivity index (χ2v) is 6.27. The van der Waals surface area contributed by atoms with Gasteiger partial charge in [-0.2, -0.15) is 0 Å². The van der Waals surface area contributed by atoms with Gasteiger partial charge in [0.1, 0.15) is 5.75 Å². The lowest BCUT2D eigenvalue weighted by Crippen LogP contribution is -2.33. The van der Waals surface area contributed by atoms with E-state index in [0.29, 0.717) is 0 Å². The molecule has 5 nitrogen and oxygen atoms in total. The average molecular weight is 306 g/mol. The van der Waals surface area contributed by atoms with E-state index in [9.17, 15) is 9.90 Å². The summed E-state index contributed by atoms with van der Waals surface area (Å²) in [5, 5.41) is 13.0. The summed E-state index contributed by atoms with van der Waals surface area (Å²) in [4.78, 5) is 12.0. The van der Waals surface area contributed by atoms with Crippen LogP contribution < -0.4 is 15.8 Å². The van der Waals surface area contributed by atoms with Gasteiger partial charge in [-0.3, -0.25) is 4.79 Å². The summed E-state index contributed by atoms with van der Waals surface area (Å²) in [7, 11) is 0. The minimum atomic E-state index is -0.741. The molecule has 1 aromatic carbocycles. The minimum Gasteiger partial charge on any atom is -0.491 e. The number of rotatable bonds is 6. The lowest BCUT2D eigenvalue weighted by molar-refractivity contribution is -0.125. The Labute approximate surface area is 131 Å².